The first-order chi connectivity index (χ1) is 9.20. The summed E-state index contributed by atoms with van der Waals surface area (Å²) in [5.41, 5.74) is 2.39. The molecule has 0 radical (unpaired) electrons. The van der Waals surface area contributed by atoms with Crippen LogP contribution in [0.3, 0.4) is 0 Å². The van der Waals surface area contributed by atoms with Gasteiger partial charge in [0.2, 0.25) is 0 Å². The lowest BCUT2D eigenvalue weighted by Gasteiger charge is -2.21. The van der Waals surface area contributed by atoms with Gasteiger partial charge in [-0.3, -0.25) is 0 Å². The van der Waals surface area contributed by atoms with E-state index in [-0.39, 0.29) is 0 Å². The SMILES string of the molecule is CCCC(Nc1ccccc1Br)c1ccc(Cl)cc1. The van der Waals surface area contributed by atoms with Crippen molar-refractivity contribution in [3.63, 3.8) is 0 Å². The van der Waals surface area contributed by atoms with Crippen LogP contribution in [0.5, 0.6) is 0 Å². The second-order valence-corrected chi connectivity index (χ2v) is 5.81. The maximum atomic E-state index is 5.95. The van der Waals surface area contributed by atoms with Crippen LogP contribution in [0.4, 0.5) is 5.69 Å². The monoisotopic (exact) mass is 337 g/mol. The maximum Gasteiger partial charge on any atom is 0.0514 e. The van der Waals surface area contributed by atoms with E-state index in [9.17, 15) is 0 Å². The standard InChI is InChI=1S/C16H17BrClN/c1-2-5-15(12-8-10-13(18)11-9-12)19-16-7-4-3-6-14(16)17/h3-4,6-11,15,19H,2,5H2,1H3. The molecule has 0 spiro atoms. The normalized spacial score (nSPS) is 12.2. The van der Waals surface area contributed by atoms with Gasteiger partial charge in [0.15, 0.2) is 0 Å². The van der Waals surface area contributed by atoms with Gasteiger partial charge in [0.25, 0.3) is 0 Å². The molecule has 19 heavy (non-hydrogen) atoms. The van der Waals surface area contributed by atoms with Crippen LogP contribution in [-0.4, -0.2) is 0 Å². The van der Waals surface area contributed by atoms with Crippen LogP contribution in [0.15, 0.2) is 53.0 Å². The summed E-state index contributed by atoms with van der Waals surface area (Å²) in [4.78, 5) is 0. The summed E-state index contributed by atoms with van der Waals surface area (Å²) in [7, 11) is 0. The first-order valence-corrected chi connectivity index (χ1v) is 7.64. The van der Waals surface area contributed by atoms with Crippen molar-refractivity contribution in [3.05, 3.63) is 63.6 Å². The fraction of sp³-hybridized carbons (Fsp3) is 0.250. The molecule has 100 valence electrons. The fourth-order valence-corrected chi connectivity index (χ4v) is 2.60. The summed E-state index contributed by atoms with van der Waals surface area (Å²) in [5, 5.41) is 4.37. The molecule has 1 unspecified atom stereocenters. The number of nitrogens with one attached hydrogen (secondary N) is 1. The molecule has 1 atom stereocenters. The zero-order chi connectivity index (χ0) is 13.7. The molecule has 2 aromatic carbocycles. The number of benzene rings is 2. The zero-order valence-electron chi connectivity index (χ0n) is 10.9. The average molecular weight is 339 g/mol. The molecule has 0 aliphatic heterocycles. The molecule has 0 heterocycles. The molecular formula is C16H17BrClN. The first-order valence-electron chi connectivity index (χ1n) is 6.47. The maximum absolute atomic E-state index is 5.95. The Labute approximate surface area is 128 Å². The molecule has 0 saturated heterocycles. The smallest absolute Gasteiger partial charge is 0.0514 e. The molecule has 0 bridgehead atoms. The van der Waals surface area contributed by atoms with Crippen LogP contribution in [0.2, 0.25) is 5.02 Å². The van der Waals surface area contributed by atoms with Gasteiger partial charge in [0, 0.05) is 15.2 Å². The molecule has 0 amide bonds. The van der Waals surface area contributed by atoms with Gasteiger partial charge in [0.05, 0.1) is 6.04 Å². The number of hydrogen-bond acceptors (Lipinski definition) is 1. The van der Waals surface area contributed by atoms with Crippen molar-refractivity contribution >= 4 is 33.2 Å². The third-order valence-corrected chi connectivity index (χ3v) is 4.00. The lowest BCUT2D eigenvalue weighted by Crippen LogP contribution is -2.10. The van der Waals surface area contributed by atoms with Gasteiger partial charge < -0.3 is 5.32 Å². The summed E-state index contributed by atoms with van der Waals surface area (Å²) in [6.45, 7) is 2.20. The van der Waals surface area contributed by atoms with E-state index in [2.05, 4.69) is 46.4 Å². The largest absolute Gasteiger partial charge is 0.377 e. The molecule has 0 fully saturated rings. The van der Waals surface area contributed by atoms with Crippen molar-refractivity contribution in [2.75, 3.05) is 5.32 Å². The summed E-state index contributed by atoms with van der Waals surface area (Å²) < 4.78 is 1.09. The Balaban J connectivity index is 2.21. The lowest BCUT2D eigenvalue weighted by molar-refractivity contribution is 0.677. The summed E-state index contributed by atoms with van der Waals surface area (Å²) >= 11 is 9.53. The predicted octanol–water partition coefficient (Wildman–Crippen LogP) is 6.06. The van der Waals surface area contributed by atoms with Crippen molar-refractivity contribution in [1.29, 1.82) is 0 Å². The van der Waals surface area contributed by atoms with Crippen LogP contribution >= 0.6 is 27.5 Å². The van der Waals surface area contributed by atoms with Crippen molar-refractivity contribution < 1.29 is 0 Å². The van der Waals surface area contributed by atoms with E-state index < -0.39 is 0 Å². The highest BCUT2D eigenvalue weighted by molar-refractivity contribution is 9.10. The number of para-hydroxylation sites is 1. The molecule has 1 N–H and O–H groups in total. The van der Waals surface area contributed by atoms with Crippen molar-refractivity contribution in [1.82, 2.24) is 0 Å². The van der Waals surface area contributed by atoms with Crippen LogP contribution < -0.4 is 5.32 Å². The molecule has 0 saturated carbocycles. The van der Waals surface area contributed by atoms with E-state index in [1.807, 2.05) is 30.3 Å². The van der Waals surface area contributed by atoms with Crippen LogP contribution in [0.1, 0.15) is 31.4 Å². The van der Waals surface area contributed by atoms with Crippen LogP contribution in [0, 0.1) is 0 Å². The van der Waals surface area contributed by atoms with Gasteiger partial charge in [-0.25, -0.2) is 0 Å². The van der Waals surface area contributed by atoms with Crippen molar-refractivity contribution in [2.45, 2.75) is 25.8 Å². The van der Waals surface area contributed by atoms with E-state index in [4.69, 9.17) is 11.6 Å². The highest BCUT2D eigenvalue weighted by Crippen LogP contribution is 2.29. The third kappa shape index (κ3) is 3.99. The molecule has 0 aliphatic carbocycles. The van der Waals surface area contributed by atoms with Gasteiger partial charge in [0.1, 0.15) is 0 Å². The number of hydrogen-bond donors (Lipinski definition) is 1. The Bertz CT molecular complexity index is 525. The number of anilines is 1. The minimum Gasteiger partial charge on any atom is -0.377 e. The second kappa shape index (κ2) is 6.97. The Kier molecular flexibility index (Phi) is 5.29. The Morgan fingerprint density at radius 2 is 1.79 bits per heavy atom. The Hall–Kier alpha value is -0.990. The van der Waals surface area contributed by atoms with Crippen molar-refractivity contribution in [2.24, 2.45) is 0 Å². The number of rotatable bonds is 5. The summed E-state index contributed by atoms with van der Waals surface area (Å²) in [5.74, 6) is 0. The fourth-order valence-electron chi connectivity index (χ4n) is 2.07. The van der Waals surface area contributed by atoms with E-state index >= 15 is 0 Å². The van der Waals surface area contributed by atoms with Gasteiger partial charge in [-0.2, -0.15) is 0 Å². The molecule has 0 aromatic heterocycles. The van der Waals surface area contributed by atoms with Gasteiger partial charge in [-0.1, -0.05) is 49.2 Å². The molecule has 1 nitrogen and oxygen atoms in total. The Morgan fingerprint density at radius 3 is 2.42 bits per heavy atom. The van der Waals surface area contributed by atoms with E-state index in [1.54, 1.807) is 0 Å². The third-order valence-electron chi connectivity index (χ3n) is 3.05. The average Bonchev–Trinajstić information content (AvgIpc) is 2.42. The molecular weight excluding hydrogens is 322 g/mol. The summed E-state index contributed by atoms with van der Waals surface area (Å²) in [6, 6.07) is 16.6. The zero-order valence-corrected chi connectivity index (χ0v) is 13.2. The van der Waals surface area contributed by atoms with E-state index in [0.717, 1.165) is 28.0 Å². The van der Waals surface area contributed by atoms with Crippen LogP contribution in [0.25, 0.3) is 0 Å². The lowest BCUT2D eigenvalue weighted by atomic mass is 10.0. The Morgan fingerprint density at radius 1 is 1.11 bits per heavy atom. The van der Waals surface area contributed by atoms with Crippen LogP contribution in [-0.2, 0) is 0 Å². The van der Waals surface area contributed by atoms with E-state index in [0.29, 0.717) is 6.04 Å². The highest BCUT2D eigenvalue weighted by Gasteiger charge is 2.11. The molecule has 2 rings (SSSR count). The highest BCUT2D eigenvalue weighted by atomic mass is 79.9. The molecule has 3 heteroatoms. The van der Waals surface area contributed by atoms with Gasteiger partial charge >= 0.3 is 0 Å². The van der Waals surface area contributed by atoms with E-state index in [1.165, 1.54) is 5.56 Å². The number of halogens is 2. The minimum atomic E-state index is 0.306. The topological polar surface area (TPSA) is 12.0 Å². The van der Waals surface area contributed by atoms with Gasteiger partial charge in [-0.05, 0) is 52.2 Å². The summed E-state index contributed by atoms with van der Waals surface area (Å²) in [6.07, 6.45) is 2.22. The van der Waals surface area contributed by atoms with Gasteiger partial charge in [-0.15, -0.1) is 0 Å². The molecule has 2 aromatic rings. The quantitative estimate of drug-likeness (QED) is 0.699. The van der Waals surface area contributed by atoms with Crippen molar-refractivity contribution in [3.8, 4) is 0 Å². The first kappa shape index (κ1) is 14.4. The molecule has 0 aliphatic rings. The second-order valence-electron chi connectivity index (χ2n) is 4.52. The predicted molar refractivity (Wildman–Crippen MR) is 86.9 cm³/mol. The minimum absolute atomic E-state index is 0.306.